The first-order valence-electron chi connectivity index (χ1n) is 4.02. The van der Waals surface area contributed by atoms with Crippen LogP contribution in [0.2, 0.25) is 5.02 Å². The van der Waals surface area contributed by atoms with Crippen LogP contribution in [-0.2, 0) is 0 Å². The van der Waals surface area contributed by atoms with E-state index in [2.05, 4.69) is 0 Å². The number of para-hydroxylation sites is 1. The molecule has 0 heterocycles. The van der Waals surface area contributed by atoms with Crippen molar-refractivity contribution in [3.05, 3.63) is 28.8 Å². The fourth-order valence-electron chi connectivity index (χ4n) is 1.08. The molecule has 0 aromatic heterocycles. The van der Waals surface area contributed by atoms with Gasteiger partial charge in [-0.25, -0.2) is 0 Å². The van der Waals surface area contributed by atoms with E-state index in [1.165, 1.54) is 18.2 Å². The molecule has 0 spiro atoms. The van der Waals surface area contributed by atoms with Gasteiger partial charge in [-0.3, -0.25) is 0 Å². The van der Waals surface area contributed by atoms with Gasteiger partial charge in [-0.05, 0) is 6.07 Å². The largest absolute Gasteiger partial charge is 0.506 e. The average molecular weight is 219 g/mol. The van der Waals surface area contributed by atoms with Gasteiger partial charge in [0.1, 0.15) is 18.0 Å². The minimum Gasteiger partial charge on any atom is -0.506 e. The van der Waals surface area contributed by atoms with Gasteiger partial charge in [-0.2, -0.15) is 0 Å². The van der Waals surface area contributed by atoms with E-state index >= 15 is 0 Å². The van der Waals surface area contributed by atoms with E-state index < -0.39 is 18.8 Å². The lowest BCUT2D eigenvalue weighted by Crippen LogP contribution is -2.22. The molecule has 2 atom stereocenters. The normalized spacial score (nSPS) is 15.1. The maximum Gasteiger partial charge on any atom is 0.140 e. The zero-order valence-corrected chi connectivity index (χ0v) is 8.02. The van der Waals surface area contributed by atoms with Crippen molar-refractivity contribution in [2.45, 2.75) is 12.2 Å². The third kappa shape index (κ3) is 2.16. The number of aromatic hydroxyl groups is 1. The third-order valence-electron chi connectivity index (χ3n) is 1.89. The van der Waals surface area contributed by atoms with Gasteiger partial charge in [0.2, 0.25) is 0 Å². The van der Waals surface area contributed by atoms with Crippen molar-refractivity contribution in [3.63, 3.8) is 0 Å². The van der Waals surface area contributed by atoms with E-state index in [9.17, 15) is 10.2 Å². The van der Waals surface area contributed by atoms with Crippen LogP contribution in [0.3, 0.4) is 0 Å². The molecule has 1 aromatic rings. The molecular weight excluding hydrogens is 208 g/mol. The zero-order chi connectivity index (χ0) is 10.7. The molecule has 4 nitrogen and oxygen atoms in total. The number of aliphatic hydroxyl groups is 3. The van der Waals surface area contributed by atoms with Crippen LogP contribution < -0.4 is 0 Å². The first-order chi connectivity index (χ1) is 6.57. The van der Waals surface area contributed by atoms with Gasteiger partial charge in [-0.1, -0.05) is 23.7 Å². The number of halogens is 1. The first kappa shape index (κ1) is 11.3. The summed E-state index contributed by atoms with van der Waals surface area (Å²) >= 11 is 5.60. The zero-order valence-electron chi connectivity index (χ0n) is 7.26. The molecule has 0 aliphatic carbocycles. The van der Waals surface area contributed by atoms with Crippen molar-refractivity contribution in [2.75, 3.05) is 6.61 Å². The predicted molar refractivity (Wildman–Crippen MR) is 51.2 cm³/mol. The molecule has 2 unspecified atom stereocenters. The Hall–Kier alpha value is -0.810. The lowest BCUT2D eigenvalue weighted by atomic mass is 10.0. The fraction of sp³-hybridized carbons (Fsp3) is 0.333. The fourth-order valence-corrected chi connectivity index (χ4v) is 1.26. The molecule has 0 amide bonds. The first-order valence-corrected chi connectivity index (χ1v) is 4.40. The standard InChI is InChI=1S/C9H11ClO4/c10-6-3-1-2-5(8(6)13)9(14)7(12)4-11/h1-3,7,9,11-14H,4H2. The molecule has 1 aromatic carbocycles. The van der Waals surface area contributed by atoms with Crippen LogP contribution in [0.4, 0.5) is 0 Å². The summed E-state index contributed by atoms with van der Waals surface area (Å²) < 4.78 is 0. The third-order valence-corrected chi connectivity index (χ3v) is 2.19. The van der Waals surface area contributed by atoms with Crippen LogP contribution in [0, 0.1) is 0 Å². The molecule has 0 bridgehead atoms. The lowest BCUT2D eigenvalue weighted by molar-refractivity contribution is -0.0162. The molecular formula is C9H11ClO4. The molecule has 0 radical (unpaired) electrons. The van der Waals surface area contributed by atoms with Crippen LogP contribution in [0.1, 0.15) is 11.7 Å². The van der Waals surface area contributed by atoms with E-state index in [0.29, 0.717) is 0 Å². The van der Waals surface area contributed by atoms with Crippen molar-refractivity contribution in [1.82, 2.24) is 0 Å². The van der Waals surface area contributed by atoms with Crippen LogP contribution in [0.25, 0.3) is 0 Å². The van der Waals surface area contributed by atoms with Gasteiger partial charge < -0.3 is 20.4 Å². The smallest absolute Gasteiger partial charge is 0.140 e. The summed E-state index contributed by atoms with van der Waals surface area (Å²) in [4.78, 5) is 0. The van der Waals surface area contributed by atoms with Crippen LogP contribution in [-0.4, -0.2) is 33.1 Å². The van der Waals surface area contributed by atoms with Gasteiger partial charge in [0.15, 0.2) is 0 Å². The molecule has 5 heteroatoms. The number of phenols is 1. The summed E-state index contributed by atoms with van der Waals surface area (Å²) in [5.41, 5.74) is 0.0963. The second-order valence-electron chi connectivity index (χ2n) is 2.87. The highest BCUT2D eigenvalue weighted by atomic mass is 35.5. The number of aliphatic hydroxyl groups excluding tert-OH is 3. The second-order valence-corrected chi connectivity index (χ2v) is 3.28. The SMILES string of the molecule is OCC(O)C(O)c1cccc(Cl)c1O. The highest BCUT2D eigenvalue weighted by Gasteiger charge is 2.21. The van der Waals surface area contributed by atoms with Crippen molar-refractivity contribution < 1.29 is 20.4 Å². The Morgan fingerprint density at radius 2 is 1.93 bits per heavy atom. The Morgan fingerprint density at radius 1 is 1.29 bits per heavy atom. The summed E-state index contributed by atoms with van der Waals surface area (Å²) in [5, 5.41) is 36.7. The topological polar surface area (TPSA) is 80.9 Å². The van der Waals surface area contributed by atoms with Gasteiger partial charge in [0, 0.05) is 5.56 Å². The molecule has 4 N–H and O–H groups in total. The molecule has 1 rings (SSSR count). The Labute approximate surface area is 86.0 Å². The highest BCUT2D eigenvalue weighted by molar-refractivity contribution is 6.32. The van der Waals surface area contributed by atoms with Crippen LogP contribution in [0.5, 0.6) is 5.75 Å². The quantitative estimate of drug-likeness (QED) is 0.593. The van der Waals surface area contributed by atoms with Crippen molar-refractivity contribution in [3.8, 4) is 5.75 Å². The van der Waals surface area contributed by atoms with Crippen LogP contribution >= 0.6 is 11.6 Å². The highest BCUT2D eigenvalue weighted by Crippen LogP contribution is 2.32. The van der Waals surface area contributed by atoms with Gasteiger partial charge >= 0.3 is 0 Å². The summed E-state index contributed by atoms with van der Waals surface area (Å²) in [6.45, 7) is -0.590. The number of hydrogen-bond donors (Lipinski definition) is 4. The van der Waals surface area contributed by atoms with Gasteiger partial charge in [0.25, 0.3) is 0 Å². The van der Waals surface area contributed by atoms with E-state index in [1.807, 2.05) is 0 Å². The van der Waals surface area contributed by atoms with Crippen molar-refractivity contribution in [2.24, 2.45) is 0 Å². The summed E-state index contributed by atoms with van der Waals surface area (Å²) in [5.74, 6) is -0.283. The Balaban J connectivity index is 3.01. The van der Waals surface area contributed by atoms with Gasteiger partial charge in [0.05, 0.1) is 11.6 Å². The number of phenolic OH excluding ortho intramolecular Hbond substituents is 1. The number of hydrogen-bond acceptors (Lipinski definition) is 4. The Morgan fingerprint density at radius 3 is 2.50 bits per heavy atom. The predicted octanol–water partition coefficient (Wildman–Crippen LogP) is 0.432. The summed E-state index contributed by atoms with van der Waals surface area (Å²) in [6.07, 6.45) is -2.68. The summed E-state index contributed by atoms with van der Waals surface area (Å²) in [6, 6.07) is 4.41. The Bertz CT molecular complexity index is 316. The second kappa shape index (κ2) is 4.61. The van der Waals surface area contributed by atoms with Crippen LogP contribution in [0.15, 0.2) is 18.2 Å². The minimum absolute atomic E-state index is 0.0895. The molecule has 0 aliphatic rings. The van der Waals surface area contributed by atoms with E-state index in [-0.39, 0.29) is 16.3 Å². The van der Waals surface area contributed by atoms with E-state index in [4.69, 9.17) is 21.8 Å². The minimum atomic E-state index is -1.35. The van der Waals surface area contributed by atoms with E-state index in [0.717, 1.165) is 0 Å². The maximum atomic E-state index is 9.47. The summed E-state index contributed by atoms with van der Waals surface area (Å²) in [7, 11) is 0. The average Bonchev–Trinajstić information content (AvgIpc) is 2.20. The lowest BCUT2D eigenvalue weighted by Gasteiger charge is -2.17. The maximum absolute atomic E-state index is 9.47. The van der Waals surface area contributed by atoms with Crippen molar-refractivity contribution >= 4 is 11.6 Å². The number of rotatable bonds is 3. The van der Waals surface area contributed by atoms with Gasteiger partial charge in [-0.15, -0.1) is 0 Å². The molecule has 14 heavy (non-hydrogen) atoms. The van der Waals surface area contributed by atoms with E-state index in [1.54, 1.807) is 0 Å². The molecule has 0 fully saturated rings. The monoisotopic (exact) mass is 218 g/mol. The molecule has 0 saturated carbocycles. The molecule has 0 aliphatic heterocycles. The Kier molecular flexibility index (Phi) is 3.71. The van der Waals surface area contributed by atoms with Crippen molar-refractivity contribution in [1.29, 1.82) is 0 Å². The molecule has 78 valence electrons. The molecule has 0 saturated heterocycles. The number of benzene rings is 1.